The van der Waals surface area contributed by atoms with E-state index in [2.05, 4.69) is 9.97 Å². The summed E-state index contributed by atoms with van der Waals surface area (Å²) in [6.07, 6.45) is 1.55. The van der Waals surface area contributed by atoms with Crippen LogP contribution < -0.4 is 5.56 Å². The molecule has 0 bridgehead atoms. The van der Waals surface area contributed by atoms with Gasteiger partial charge in [-0.05, 0) is 42.7 Å². The molecule has 3 rings (SSSR count). The molecule has 0 radical (unpaired) electrons. The number of halogens is 3. The van der Waals surface area contributed by atoms with Crippen molar-refractivity contribution in [2.24, 2.45) is 0 Å². The van der Waals surface area contributed by atoms with Crippen LogP contribution in [0.5, 0.6) is 0 Å². The van der Waals surface area contributed by atoms with Crippen molar-refractivity contribution in [3.63, 3.8) is 0 Å². The first-order valence-corrected chi connectivity index (χ1v) is 10.4. The average Bonchev–Trinajstić information content (AvgIpc) is 2.68. The summed E-state index contributed by atoms with van der Waals surface area (Å²) >= 11 is 18.3. The van der Waals surface area contributed by atoms with Gasteiger partial charge in [0, 0.05) is 18.0 Å². The number of amides is 1. The van der Waals surface area contributed by atoms with Gasteiger partial charge in [0.1, 0.15) is 5.82 Å². The lowest BCUT2D eigenvalue weighted by Gasteiger charge is -2.22. The van der Waals surface area contributed by atoms with Crippen LogP contribution in [0.1, 0.15) is 31.2 Å². The van der Waals surface area contributed by atoms with E-state index in [0.717, 1.165) is 12.0 Å². The Morgan fingerprint density at radius 1 is 1.17 bits per heavy atom. The Balaban J connectivity index is 1.77. The number of nitrogens with one attached hydrogen (secondary N) is 1. The van der Waals surface area contributed by atoms with Crippen LogP contribution in [-0.2, 0) is 17.8 Å². The largest absolute Gasteiger partial charge is 0.335 e. The summed E-state index contributed by atoms with van der Waals surface area (Å²) in [5.41, 5.74) is 1.08. The molecule has 0 saturated carbocycles. The Bertz CT molecular complexity index is 1100. The Labute approximate surface area is 183 Å². The average molecular weight is 453 g/mol. The van der Waals surface area contributed by atoms with Crippen LogP contribution in [-0.4, -0.2) is 27.3 Å². The molecule has 1 aromatic heterocycles. The first kappa shape index (κ1) is 21.6. The van der Waals surface area contributed by atoms with Gasteiger partial charge in [-0.3, -0.25) is 9.59 Å². The second kappa shape index (κ2) is 9.61. The van der Waals surface area contributed by atoms with Gasteiger partial charge in [-0.1, -0.05) is 53.9 Å². The predicted octanol–water partition coefficient (Wildman–Crippen LogP) is 5.25. The summed E-state index contributed by atoms with van der Waals surface area (Å²) in [4.78, 5) is 34.1. The van der Waals surface area contributed by atoms with Gasteiger partial charge in [-0.2, -0.15) is 0 Å². The molecule has 0 fully saturated rings. The minimum absolute atomic E-state index is 0.0447. The van der Waals surface area contributed by atoms with Gasteiger partial charge in [-0.25, -0.2) is 4.98 Å². The predicted molar refractivity (Wildman–Crippen MR) is 118 cm³/mol. The highest BCUT2D eigenvalue weighted by molar-refractivity contribution is 6.42. The van der Waals surface area contributed by atoms with Crippen molar-refractivity contribution in [3.8, 4) is 0 Å². The number of hydrogen-bond acceptors (Lipinski definition) is 3. The van der Waals surface area contributed by atoms with Crippen molar-refractivity contribution in [1.82, 2.24) is 14.9 Å². The van der Waals surface area contributed by atoms with E-state index in [9.17, 15) is 9.59 Å². The number of aromatic nitrogens is 2. The highest BCUT2D eigenvalue weighted by Crippen LogP contribution is 2.26. The Morgan fingerprint density at radius 3 is 2.72 bits per heavy atom. The van der Waals surface area contributed by atoms with Gasteiger partial charge < -0.3 is 9.88 Å². The third kappa shape index (κ3) is 5.30. The third-order valence-corrected chi connectivity index (χ3v) is 5.64. The topological polar surface area (TPSA) is 66.1 Å². The number of benzene rings is 2. The maximum absolute atomic E-state index is 12.8. The molecule has 5 nitrogen and oxygen atoms in total. The van der Waals surface area contributed by atoms with Crippen LogP contribution in [0.3, 0.4) is 0 Å². The monoisotopic (exact) mass is 451 g/mol. The minimum Gasteiger partial charge on any atom is -0.335 e. The molecule has 8 heteroatoms. The molecular formula is C21H20Cl3N3O2. The Morgan fingerprint density at radius 2 is 1.97 bits per heavy atom. The number of hydrogen-bond donors (Lipinski definition) is 1. The van der Waals surface area contributed by atoms with Crippen LogP contribution >= 0.6 is 34.8 Å². The molecule has 152 valence electrons. The molecule has 0 aliphatic heterocycles. The molecule has 29 heavy (non-hydrogen) atoms. The lowest BCUT2D eigenvalue weighted by molar-refractivity contribution is -0.131. The van der Waals surface area contributed by atoms with E-state index >= 15 is 0 Å². The van der Waals surface area contributed by atoms with Crippen molar-refractivity contribution in [2.45, 2.75) is 32.7 Å². The van der Waals surface area contributed by atoms with Crippen LogP contribution in [0.25, 0.3) is 10.9 Å². The lowest BCUT2D eigenvalue weighted by Crippen LogP contribution is -2.33. The van der Waals surface area contributed by atoms with Crippen LogP contribution in [0.2, 0.25) is 15.1 Å². The molecule has 3 aromatic rings. The molecular weight excluding hydrogens is 433 g/mol. The summed E-state index contributed by atoms with van der Waals surface area (Å²) in [6, 6.07) is 10.3. The standard InChI is InChI=1S/C21H20Cl3N3O2/c1-2-10-27(19(28)9-6-13-4-3-5-16(23)20(13)24)12-18-25-17-11-14(22)7-8-15(17)21(29)26-18/h3-5,7-8,11H,2,6,9-10,12H2,1H3,(H,25,26,29). The molecule has 0 atom stereocenters. The fraction of sp³-hybridized carbons (Fsp3) is 0.286. The van der Waals surface area contributed by atoms with Crippen molar-refractivity contribution in [3.05, 3.63) is 73.2 Å². The fourth-order valence-electron chi connectivity index (χ4n) is 3.12. The molecule has 0 aliphatic carbocycles. The molecule has 2 aromatic carbocycles. The SMILES string of the molecule is CCCN(Cc1nc2cc(Cl)ccc2c(=O)[nH]1)C(=O)CCc1cccc(Cl)c1Cl. The summed E-state index contributed by atoms with van der Waals surface area (Å²) in [5, 5.41) is 1.91. The number of aromatic amines is 1. The van der Waals surface area contributed by atoms with Crippen molar-refractivity contribution < 1.29 is 4.79 Å². The van der Waals surface area contributed by atoms with Gasteiger partial charge in [0.15, 0.2) is 0 Å². The smallest absolute Gasteiger partial charge is 0.258 e. The number of nitrogens with zero attached hydrogens (tertiary/aromatic N) is 2. The highest BCUT2D eigenvalue weighted by Gasteiger charge is 2.16. The summed E-state index contributed by atoms with van der Waals surface area (Å²) in [6.45, 7) is 2.76. The van der Waals surface area contributed by atoms with Gasteiger partial charge in [-0.15, -0.1) is 0 Å². The van der Waals surface area contributed by atoms with E-state index in [1.165, 1.54) is 0 Å². The first-order chi connectivity index (χ1) is 13.9. The molecule has 0 saturated heterocycles. The normalized spacial score (nSPS) is 11.0. The van der Waals surface area contributed by atoms with Crippen LogP contribution in [0.15, 0.2) is 41.2 Å². The zero-order chi connectivity index (χ0) is 21.0. The van der Waals surface area contributed by atoms with Gasteiger partial charge in [0.05, 0.1) is 27.5 Å². The number of rotatable bonds is 7. The lowest BCUT2D eigenvalue weighted by atomic mass is 10.1. The van der Waals surface area contributed by atoms with Crippen molar-refractivity contribution >= 4 is 51.6 Å². The first-order valence-electron chi connectivity index (χ1n) is 9.28. The zero-order valence-corrected chi connectivity index (χ0v) is 18.1. The van der Waals surface area contributed by atoms with E-state index in [-0.39, 0.29) is 24.4 Å². The Kier molecular flexibility index (Phi) is 7.17. The van der Waals surface area contributed by atoms with Crippen LogP contribution in [0.4, 0.5) is 0 Å². The van der Waals surface area contributed by atoms with E-state index in [4.69, 9.17) is 34.8 Å². The molecule has 1 N–H and O–H groups in total. The van der Waals surface area contributed by atoms with E-state index in [1.807, 2.05) is 19.1 Å². The van der Waals surface area contributed by atoms with E-state index in [1.54, 1.807) is 29.2 Å². The number of fused-ring (bicyclic) bond motifs is 1. The van der Waals surface area contributed by atoms with Gasteiger partial charge >= 0.3 is 0 Å². The summed E-state index contributed by atoms with van der Waals surface area (Å²) in [7, 11) is 0. The number of H-pyrrole nitrogens is 1. The molecule has 1 heterocycles. The number of carbonyl (C=O) groups excluding carboxylic acids is 1. The summed E-state index contributed by atoms with van der Waals surface area (Å²) in [5.74, 6) is 0.379. The second-order valence-corrected chi connectivity index (χ2v) is 7.92. The molecule has 1 amide bonds. The third-order valence-electron chi connectivity index (χ3n) is 4.54. The van der Waals surface area contributed by atoms with Gasteiger partial charge in [0.2, 0.25) is 5.91 Å². The van der Waals surface area contributed by atoms with Crippen LogP contribution in [0, 0.1) is 0 Å². The minimum atomic E-state index is -0.253. The van der Waals surface area contributed by atoms with Crippen molar-refractivity contribution in [2.75, 3.05) is 6.54 Å². The summed E-state index contributed by atoms with van der Waals surface area (Å²) < 4.78 is 0. The quantitative estimate of drug-likeness (QED) is 0.532. The van der Waals surface area contributed by atoms with Gasteiger partial charge in [0.25, 0.3) is 5.56 Å². The Hall–Kier alpha value is -2.08. The van der Waals surface area contributed by atoms with Crippen molar-refractivity contribution in [1.29, 1.82) is 0 Å². The maximum atomic E-state index is 12.8. The highest BCUT2D eigenvalue weighted by atomic mass is 35.5. The number of carbonyl (C=O) groups is 1. The molecule has 0 spiro atoms. The fourth-order valence-corrected chi connectivity index (χ4v) is 3.70. The van der Waals surface area contributed by atoms with E-state index < -0.39 is 0 Å². The number of aryl methyl sites for hydroxylation is 1. The maximum Gasteiger partial charge on any atom is 0.258 e. The zero-order valence-electron chi connectivity index (χ0n) is 15.8. The molecule has 0 unspecified atom stereocenters. The second-order valence-electron chi connectivity index (χ2n) is 6.70. The van der Waals surface area contributed by atoms with E-state index in [0.29, 0.717) is 44.8 Å². The molecule has 0 aliphatic rings.